The molecule has 5 nitrogen and oxygen atoms in total. The van der Waals surface area contributed by atoms with Gasteiger partial charge in [-0.25, -0.2) is 0 Å². The average molecular weight is 370 g/mol. The van der Waals surface area contributed by atoms with Crippen molar-refractivity contribution in [1.29, 1.82) is 0 Å². The maximum atomic E-state index is 12.6. The largest absolute Gasteiger partial charge is 0.508 e. The highest BCUT2D eigenvalue weighted by Gasteiger charge is 2.33. The highest BCUT2D eigenvalue weighted by Crippen LogP contribution is 2.32. The molecule has 2 amide bonds. The van der Waals surface area contributed by atoms with Gasteiger partial charge in [-0.15, -0.1) is 0 Å². The quantitative estimate of drug-likeness (QED) is 0.641. The molecule has 126 valence electrons. The average Bonchev–Trinajstić information content (AvgIpc) is 2.84. The fourth-order valence-electron chi connectivity index (χ4n) is 2.27. The third-order valence-electron chi connectivity index (χ3n) is 3.59. The number of phenolic OH excluding ortho intramolecular Hbond substituents is 1. The van der Waals surface area contributed by atoms with E-state index in [0.717, 1.165) is 27.9 Å². The van der Waals surface area contributed by atoms with Crippen LogP contribution in [0, 0.1) is 6.92 Å². The number of rotatable bonds is 3. The van der Waals surface area contributed by atoms with Crippen LogP contribution in [0.15, 0.2) is 53.4 Å². The number of thiocarbonyl (C=S) groups is 1. The summed E-state index contributed by atoms with van der Waals surface area (Å²) in [7, 11) is 0. The molecule has 0 radical (unpaired) electrons. The molecule has 3 rings (SSSR count). The van der Waals surface area contributed by atoms with Crippen molar-refractivity contribution in [2.45, 2.75) is 6.92 Å². The molecular formula is C18H14N2O3S2. The molecule has 0 aromatic heterocycles. The van der Waals surface area contributed by atoms with E-state index in [9.17, 15) is 14.7 Å². The summed E-state index contributed by atoms with van der Waals surface area (Å²) < 4.78 is 0.248. The van der Waals surface area contributed by atoms with Crippen molar-refractivity contribution >= 4 is 46.2 Å². The second-order valence-electron chi connectivity index (χ2n) is 5.36. The topological polar surface area (TPSA) is 69.6 Å². The van der Waals surface area contributed by atoms with Gasteiger partial charge in [-0.05, 0) is 54.5 Å². The molecular weight excluding hydrogens is 356 g/mol. The lowest BCUT2D eigenvalue weighted by molar-refractivity contribution is -0.123. The Morgan fingerprint density at radius 1 is 1.24 bits per heavy atom. The Kier molecular flexibility index (Phi) is 4.87. The third kappa shape index (κ3) is 3.72. The minimum atomic E-state index is -0.524. The van der Waals surface area contributed by atoms with Gasteiger partial charge >= 0.3 is 0 Å². The van der Waals surface area contributed by atoms with Crippen molar-refractivity contribution in [1.82, 2.24) is 10.4 Å². The van der Waals surface area contributed by atoms with E-state index < -0.39 is 5.91 Å². The first-order chi connectivity index (χ1) is 12.0. The first-order valence-corrected chi connectivity index (χ1v) is 8.62. The molecule has 7 heteroatoms. The van der Waals surface area contributed by atoms with Crippen molar-refractivity contribution in [3.05, 3.63) is 70.1 Å². The Balaban J connectivity index is 1.80. The van der Waals surface area contributed by atoms with E-state index in [1.807, 2.05) is 31.2 Å². The molecule has 0 bridgehead atoms. The molecule has 2 N–H and O–H groups in total. The van der Waals surface area contributed by atoms with Crippen molar-refractivity contribution < 1.29 is 14.7 Å². The number of carbonyl (C=O) groups is 2. The number of thioether (sulfide) groups is 1. The Bertz CT molecular complexity index is 909. The van der Waals surface area contributed by atoms with E-state index in [1.165, 1.54) is 18.2 Å². The van der Waals surface area contributed by atoms with E-state index in [1.54, 1.807) is 12.1 Å². The number of carbonyl (C=O) groups excluding carboxylic acids is 2. The molecule has 1 heterocycles. The van der Waals surface area contributed by atoms with Gasteiger partial charge in [0.05, 0.1) is 4.91 Å². The van der Waals surface area contributed by atoms with Gasteiger partial charge in [-0.3, -0.25) is 15.0 Å². The summed E-state index contributed by atoms with van der Waals surface area (Å²) >= 11 is 6.33. The van der Waals surface area contributed by atoms with Crippen LogP contribution in [0.1, 0.15) is 21.5 Å². The van der Waals surface area contributed by atoms with Gasteiger partial charge in [0.15, 0.2) is 4.32 Å². The van der Waals surface area contributed by atoms with Crippen molar-refractivity contribution in [2.75, 3.05) is 0 Å². The molecule has 1 fully saturated rings. The number of nitrogens with zero attached hydrogens (tertiary/aromatic N) is 1. The van der Waals surface area contributed by atoms with Crippen LogP contribution < -0.4 is 5.43 Å². The number of phenols is 1. The Morgan fingerprint density at radius 3 is 2.72 bits per heavy atom. The normalized spacial score (nSPS) is 15.7. The number of aryl methyl sites for hydroxylation is 1. The zero-order valence-electron chi connectivity index (χ0n) is 13.2. The van der Waals surface area contributed by atoms with Crippen LogP contribution in [0.2, 0.25) is 0 Å². The first kappa shape index (κ1) is 17.2. The summed E-state index contributed by atoms with van der Waals surface area (Å²) in [6.45, 7) is 1.95. The highest BCUT2D eigenvalue weighted by molar-refractivity contribution is 8.26. The molecule has 2 aromatic rings. The van der Waals surface area contributed by atoms with Gasteiger partial charge in [-0.1, -0.05) is 42.1 Å². The number of hydrogen-bond donors (Lipinski definition) is 2. The lowest BCUT2D eigenvalue weighted by atomic mass is 10.1. The third-order valence-corrected chi connectivity index (χ3v) is 4.89. The summed E-state index contributed by atoms with van der Waals surface area (Å²) in [5, 5.41) is 10.5. The molecule has 1 saturated heterocycles. The minimum absolute atomic E-state index is 0.0301. The lowest BCUT2D eigenvalue weighted by Crippen LogP contribution is -2.44. The zero-order chi connectivity index (χ0) is 18.0. The van der Waals surface area contributed by atoms with Crippen LogP contribution in [0.25, 0.3) is 6.08 Å². The SMILES string of the molecule is Cc1ccccc1/C=C1\SC(=S)N(NC(=O)c2cccc(O)c2)C1=O. The van der Waals surface area contributed by atoms with Crippen LogP contribution >= 0.6 is 24.0 Å². The Morgan fingerprint density at radius 2 is 2.00 bits per heavy atom. The Labute approximate surface area is 154 Å². The first-order valence-electron chi connectivity index (χ1n) is 7.39. The van der Waals surface area contributed by atoms with E-state index >= 15 is 0 Å². The van der Waals surface area contributed by atoms with Gasteiger partial charge < -0.3 is 5.11 Å². The predicted molar refractivity (Wildman–Crippen MR) is 102 cm³/mol. The molecule has 1 aliphatic heterocycles. The van der Waals surface area contributed by atoms with Gasteiger partial charge in [0, 0.05) is 5.56 Å². The van der Waals surface area contributed by atoms with E-state index in [4.69, 9.17) is 12.2 Å². The number of amides is 2. The summed E-state index contributed by atoms with van der Waals surface area (Å²) in [4.78, 5) is 25.2. The molecule has 1 aliphatic rings. The molecule has 0 aliphatic carbocycles. The molecule has 0 atom stereocenters. The number of aromatic hydroxyl groups is 1. The maximum absolute atomic E-state index is 12.6. The van der Waals surface area contributed by atoms with Crippen LogP contribution in [0.3, 0.4) is 0 Å². The second kappa shape index (κ2) is 7.08. The van der Waals surface area contributed by atoms with Crippen LogP contribution in [0.5, 0.6) is 5.75 Å². The van der Waals surface area contributed by atoms with Gasteiger partial charge in [0.2, 0.25) is 0 Å². The van der Waals surface area contributed by atoms with Crippen LogP contribution in [-0.2, 0) is 4.79 Å². The molecule has 25 heavy (non-hydrogen) atoms. The van der Waals surface area contributed by atoms with E-state index in [2.05, 4.69) is 5.43 Å². The molecule has 0 spiro atoms. The van der Waals surface area contributed by atoms with Crippen LogP contribution in [-0.4, -0.2) is 26.3 Å². The van der Waals surface area contributed by atoms with Crippen molar-refractivity contribution in [3.63, 3.8) is 0 Å². The fourth-order valence-corrected chi connectivity index (χ4v) is 3.44. The van der Waals surface area contributed by atoms with E-state index in [-0.39, 0.29) is 21.5 Å². The fraction of sp³-hybridized carbons (Fsp3) is 0.0556. The molecule has 0 unspecified atom stereocenters. The summed E-state index contributed by atoms with van der Waals surface area (Å²) in [5.74, 6) is -0.936. The summed E-state index contributed by atoms with van der Waals surface area (Å²) in [5.41, 5.74) is 4.67. The Hall–Kier alpha value is -2.64. The predicted octanol–water partition coefficient (Wildman–Crippen LogP) is 3.25. The van der Waals surface area contributed by atoms with Gasteiger partial charge in [0.1, 0.15) is 5.75 Å². The minimum Gasteiger partial charge on any atom is -0.508 e. The summed E-state index contributed by atoms with van der Waals surface area (Å²) in [6, 6.07) is 13.5. The summed E-state index contributed by atoms with van der Waals surface area (Å²) in [6.07, 6.45) is 1.76. The lowest BCUT2D eigenvalue weighted by Gasteiger charge is -2.15. The highest BCUT2D eigenvalue weighted by atomic mass is 32.2. The monoisotopic (exact) mass is 370 g/mol. The molecule has 2 aromatic carbocycles. The van der Waals surface area contributed by atoms with Crippen molar-refractivity contribution in [2.24, 2.45) is 0 Å². The maximum Gasteiger partial charge on any atom is 0.285 e. The number of benzene rings is 2. The van der Waals surface area contributed by atoms with Gasteiger partial charge in [0.25, 0.3) is 11.8 Å². The smallest absolute Gasteiger partial charge is 0.285 e. The zero-order valence-corrected chi connectivity index (χ0v) is 14.9. The molecule has 0 saturated carbocycles. The number of nitrogens with one attached hydrogen (secondary N) is 1. The number of hydrogen-bond acceptors (Lipinski definition) is 5. The van der Waals surface area contributed by atoms with E-state index in [0.29, 0.717) is 4.91 Å². The van der Waals surface area contributed by atoms with Crippen molar-refractivity contribution in [3.8, 4) is 5.75 Å². The van der Waals surface area contributed by atoms with Crippen LogP contribution in [0.4, 0.5) is 0 Å². The van der Waals surface area contributed by atoms with Gasteiger partial charge in [-0.2, -0.15) is 5.01 Å². The second-order valence-corrected chi connectivity index (χ2v) is 7.04. The number of hydrazine groups is 1. The standard InChI is InChI=1S/C18H14N2O3S2/c1-11-5-2-3-6-12(11)10-15-17(23)20(18(24)25-15)19-16(22)13-7-4-8-14(21)9-13/h2-10,21H,1H3,(H,19,22)/b15-10-.